The zero-order chi connectivity index (χ0) is 16.8. The number of carbonyl (C=O) groups excluding carboxylic acids is 3. The number of imide groups is 1. The Balaban J connectivity index is 1.55. The molecule has 2 fully saturated rings. The van der Waals surface area contributed by atoms with Gasteiger partial charge in [-0.15, -0.1) is 0 Å². The second kappa shape index (κ2) is 5.58. The topological polar surface area (TPSA) is 66.5 Å². The number of anilines is 1. The van der Waals surface area contributed by atoms with Gasteiger partial charge >= 0.3 is 0 Å². The molecule has 5 atom stereocenters. The van der Waals surface area contributed by atoms with Gasteiger partial charge in [-0.3, -0.25) is 19.3 Å². The van der Waals surface area contributed by atoms with E-state index in [9.17, 15) is 14.4 Å². The first-order chi connectivity index (χ1) is 11.6. The third-order valence-corrected chi connectivity index (χ3v) is 5.60. The van der Waals surface area contributed by atoms with E-state index < -0.39 is 6.04 Å². The highest BCUT2D eigenvalue weighted by Gasteiger charge is 2.58. The molecule has 0 unspecified atom stereocenters. The Labute approximate surface area is 140 Å². The third kappa shape index (κ3) is 2.19. The van der Waals surface area contributed by atoms with E-state index in [-0.39, 0.29) is 41.4 Å². The Morgan fingerprint density at radius 2 is 1.58 bits per heavy atom. The number of fused-ring (bicyclic) bond motifs is 1. The van der Waals surface area contributed by atoms with E-state index in [1.54, 1.807) is 19.1 Å². The van der Waals surface area contributed by atoms with Crippen molar-refractivity contribution in [3.63, 3.8) is 0 Å². The average molecular weight is 324 g/mol. The van der Waals surface area contributed by atoms with Crippen LogP contribution < -0.4 is 5.32 Å². The monoisotopic (exact) mass is 324 g/mol. The van der Waals surface area contributed by atoms with Gasteiger partial charge in [0.15, 0.2) is 0 Å². The molecule has 1 N–H and O–H groups in total. The number of para-hydroxylation sites is 1. The largest absolute Gasteiger partial charge is 0.324 e. The van der Waals surface area contributed by atoms with Crippen LogP contribution in [0.1, 0.15) is 19.8 Å². The van der Waals surface area contributed by atoms with Gasteiger partial charge < -0.3 is 5.32 Å². The molecule has 1 aromatic carbocycles. The maximum atomic E-state index is 12.8. The van der Waals surface area contributed by atoms with Crippen molar-refractivity contribution >= 4 is 23.4 Å². The fraction of sp³-hybridized carbons (Fsp3) is 0.421. The van der Waals surface area contributed by atoms with Crippen molar-refractivity contribution in [1.29, 1.82) is 0 Å². The summed E-state index contributed by atoms with van der Waals surface area (Å²) in [7, 11) is 0. The van der Waals surface area contributed by atoms with Gasteiger partial charge in [0.25, 0.3) is 0 Å². The summed E-state index contributed by atoms with van der Waals surface area (Å²) in [5.41, 5.74) is 0.660. The van der Waals surface area contributed by atoms with Crippen LogP contribution in [0.15, 0.2) is 42.5 Å². The van der Waals surface area contributed by atoms with E-state index in [0.717, 1.165) is 12.8 Å². The van der Waals surface area contributed by atoms with E-state index >= 15 is 0 Å². The van der Waals surface area contributed by atoms with Crippen LogP contribution in [0, 0.1) is 23.7 Å². The lowest BCUT2D eigenvalue weighted by molar-refractivity contribution is -0.146. The minimum atomic E-state index is -0.796. The van der Waals surface area contributed by atoms with Crippen LogP contribution in [-0.2, 0) is 14.4 Å². The zero-order valence-corrected chi connectivity index (χ0v) is 13.5. The number of nitrogens with one attached hydrogen (secondary N) is 1. The second-order valence-corrected chi connectivity index (χ2v) is 6.92. The molecule has 3 amide bonds. The van der Waals surface area contributed by atoms with Crippen molar-refractivity contribution in [3.8, 4) is 0 Å². The number of likely N-dealkylation sites (tertiary alicyclic amines) is 1. The highest BCUT2D eigenvalue weighted by molar-refractivity contribution is 6.10. The molecule has 5 rings (SSSR count). The highest BCUT2D eigenvalue weighted by atomic mass is 16.2. The van der Waals surface area contributed by atoms with Crippen molar-refractivity contribution < 1.29 is 14.4 Å². The standard InChI is InChI=1S/C19H20N2O3/c1-11(17(22)20-14-5-3-2-4-6-14)21-18(23)15-12-7-8-13(10-9-12)16(15)19(21)24/h2-8,11-13,15-16H,9-10H2,1H3,(H,20,22)/t11-,12+,13+,15-,16+/m1/s1. The summed E-state index contributed by atoms with van der Waals surface area (Å²) >= 11 is 0. The Morgan fingerprint density at radius 1 is 1.04 bits per heavy atom. The molecule has 1 saturated heterocycles. The number of carbonyl (C=O) groups is 3. The molecule has 1 aliphatic heterocycles. The molecule has 0 radical (unpaired) electrons. The fourth-order valence-electron chi connectivity index (χ4n) is 4.36. The summed E-state index contributed by atoms with van der Waals surface area (Å²) in [6.45, 7) is 1.63. The molecule has 4 aliphatic rings. The molecular formula is C19H20N2O3. The number of hydrogen-bond acceptors (Lipinski definition) is 3. The Kier molecular flexibility index (Phi) is 3.52. The molecule has 5 nitrogen and oxygen atoms in total. The van der Waals surface area contributed by atoms with Gasteiger partial charge in [0.2, 0.25) is 17.7 Å². The van der Waals surface area contributed by atoms with E-state index in [0.29, 0.717) is 5.69 Å². The minimum Gasteiger partial charge on any atom is -0.324 e. The summed E-state index contributed by atoms with van der Waals surface area (Å²) < 4.78 is 0. The minimum absolute atomic E-state index is 0.144. The molecule has 3 aliphatic carbocycles. The molecule has 1 heterocycles. The molecule has 0 aromatic heterocycles. The quantitative estimate of drug-likeness (QED) is 0.685. The number of rotatable bonds is 3. The van der Waals surface area contributed by atoms with E-state index in [4.69, 9.17) is 0 Å². The maximum Gasteiger partial charge on any atom is 0.247 e. The SMILES string of the molecule is C[C@H](C(=O)Nc1ccccc1)N1C(=O)[C@@H]2[C@H](C1=O)[C@H]1C=C[C@H]2CC1. The normalized spacial score (nSPS) is 32.0. The van der Waals surface area contributed by atoms with Crippen molar-refractivity contribution in [3.05, 3.63) is 42.5 Å². The van der Waals surface area contributed by atoms with Crippen LogP contribution in [0.4, 0.5) is 5.69 Å². The molecule has 1 aromatic rings. The van der Waals surface area contributed by atoms with Gasteiger partial charge in [0.05, 0.1) is 11.8 Å². The van der Waals surface area contributed by atoms with Crippen molar-refractivity contribution in [2.24, 2.45) is 23.7 Å². The van der Waals surface area contributed by atoms with Crippen molar-refractivity contribution in [2.45, 2.75) is 25.8 Å². The number of hydrogen-bond donors (Lipinski definition) is 1. The summed E-state index contributed by atoms with van der Waals surface area (Å²) in [6, 6.07) is 8.27. The molecule has 24 heavy (non-hydrogen) atoms. The highest BCUT2D eigenvalue weighted by Crippen LogP contribution is 2.49. The van der Waals surface area contributed by atoms with E-state index in [2.05, 4.69) is 17.5 Å². The van der Waals surface area contributed by atoms with Crippen LogP contribution in [0.2, 0.25) is 0 Å². The Morgan fingerprint density at radius 3 is 2.08 bits per heavy atom. The molecule has 124 valence electrons. The van der Waals surface area contributed by atoms with Gasteiger partial charge in [-0.2, -0.15) is 0 Å². The first-order valence-electron chi connectivity index (χ1n) is 8.49. The van der Waals surface area contributed by atoms with Crippen LogP contribution in [0.5, 0.6) is 0 Å². The molecule has 2 bridgehead atoms. The molecular weight excluding hydrogens is 304 g/mol. The maximum absolute atomic E-state index is 12.8. The molecule has 1 saturated carbocycles. The van der Waals surface area contributed by atoms with Crippen LogP contribution in [0.25, 0.3) is 0 Å². The predicted octanol–water partition coefficient (Wildman–Crippen LogP) is 2.21. The third-order valence-electron chi connectivity index (χ3n) is 5.60. The Hall–Kier alpha value is -2.43. The van der Waals surface area contributed by atoms with Crippen molar-refractivity contribution in [2.75, 3.05) is 5.32 Å². The van der Waals surface area contributed by atoms with E-state index in [1.807, 2.05) is 18.2 Å². The summed E-state index contributed by atoms with van der Waals surface area (Å²) in [4.78, 5) is 39.4. The van der Waals surface area contributed by atoms with Gasteiger partial charge in [0, 0.05) is 5.69 Å². The van der Waals surface area contributed by atoms with Crippen LogP contribution in [-0.4, -0.2) is 28.7 Å². The van der Waals surface area contributed by atoms with E-state index in [1.165, 1.54) is 4.90 Å². The second-order valence-electron chi connectivity index (χ2n) is 6.92. The lowest BCUT2D eigenvalue weighted by Gasteiger charge is -2.38. The summed E-state index contributed by atoms with van der Waals surface area (Å²) in [5.74, 6) is -0.945. The van der Waals surface area contributed by atoms with Crippen LogP contribution in [0.3, 0.4) is 0 Å². The van der Waals surface area contributed by atoms with Crippen molar-refractivity contribution in [1.82, 2.24) is 4.90 Å². The zero-order valence-electron chi connectivity index (χ0n) is 13.5. The van der Waals surface area contributed by atoms with Gasteiger partial charge in [0.1, 0.15) is 6.04 Å². The van der Waals surface area contributed by atoms with Crippen LogP contribution >= 0.6 is 0 Å². The summed E-state index contributed by atoms with van der Waals surface area (Å²) in [5, 5.41) is 2.78. The lowest BCUT2D eigenvalue weighted by Crippen LogP contribution is -2.46. The fourth-order valence-corrected chi connectivity index (χ4v) is 4.36. The first kappa shape index (κ1) is 15.1. The number of allylic oxidation sites excluding steroid dienone is 2. The lowest BCUT2D eigenvalue weighted by atomic mass is 9.63. The van der Waals surface area contributed by atoms with Gasteiger partial charge in [-0.25, -0.2) is 0 Å². The number of benzene rings is 1. The summed E-state index contributed by atoms with van der Waals surface area (Å²) in [6.07, 6.45) is 6.08. The first-order valence-corrected chi connectivity index (χ1v) is 8.49. The number of nitrogens with zero attached hydrogens (tertiary/aromatic N) is 1. The number of amides is 3. The van der Waals surface area contributed by atoms with Gasteiger partial charge in [-0.1, -0.05) is 30.4 Å². The average Bonchev–Trinajstić information content (AvgIpc) is 2.89. The Bertz CT molecular complexity index is 695. The molecule has 5 heteroatoms. The molecule has 0 spiro atoms. The smallest absolute Gasteiger partial charge is 0.247 e. The van der Waals surface area contributed by atoms with Gasteiger partial charge in [-0.05, 0) is 43.7 Å². The predicted molar refractivity (Wildman–Crippen MR) is 88.7 cm³/mol.